The van der Waals surface area contributed by atoms with E-state index in [1.165, 1.54) is 13.0 Å². The summed E-state index contributed by atoms with van der Waals surface area (Å²) in [7, 11) is 0. The molecule has 3 atom stereocenters. The molecule has 0 saturated carbocycles. The lowest BCUT2D eigenvalue weighted by molar-refractivity contribution is -0.132. The monoisotopic (exact) mass is 525 g/mol. The summed E-state index contributed by atoms with van der Waals surface area (Å²) in [6.07, 6.45) is 0.811. The summed E-state index contributed by atoms with van der Waals surface area (Å²) in [6, 6.07) is 5.62. The van der Waals surface area contributed by atoms with Crippen LogP contribution in [0.4, 0.5) is 17.6 Å². The van der Waals surface area contributed by atoms with Gasteiger partial charge in [0.1, 0.15) is 5.82 Å². The Morgan fingerprint density at radius 1 is 1.28 bits per heavy atom. The maximum absolute atomic E-state index is 14.1. The lowest BCUT2D eigenvalue weighted by atomic mass is 9.84. The van der Waals surface area contributed by atoms with Gasteiger partial charge in [-0.1, -0.05) is 11.6 Å². The third kappa shape index (κ3) is 5.96. The molecular formula is C24H24ClF4N5O2. The number of amides is 2. The minimum Gasteiger partial charge on any atom is -0.350 e. The predicted molar refractivity (Wildman–Crippen MR) is 125 cm³/mol. The van der Waals surface area contributed by atoms with Crippen LogP contribution in [0.1, 0.15) is 35.2 Å². The summed E-state index contributed by atoms with van der Waals surface area (Å²) in [5, 5.41) is 5.10. The first-order chi connectivity index (χ1) is 17.0. The maximum atomic E-state index is 14.1. The zero-order valence-corrected chi connectivity index (χ0v) is 20.0. The van der Waals surface area contributed by atoms with Gasteiger partial charge in [0.25, 0.3) is 5.91 Å². The Hall–Kier alpha value is -3.18. The molecule has 0 unspecified atom stereocenters. The van der Waals surface area contributed by atoms with E-state index in [2.05, 4.69) is 15.6 Å². The van der Waals surface area contributed by atoms with Gasteiger partial charge in [-0.15, -0.1) is 0 Å². The molecule has 1 fully saturated rings. The topological polar surface area (TPSA) is 78.7 Å². The van der Waals surface area contributed by atoms with E-state index in [0.29, 0.717) is 29.6 Å². The Balaban J connectivity index is 1.57. The molecule has 2 aromatic heterocycles. The van der Waals surface area contributed by atoms with E-state index >= 15 is 0 Å². The van der Waals surface area contributed by atoms with Crippen LogP contribution in [-0.4, -0.2) is 64.0 Å². The molecule has 192 valence electrons. The van der Waals surface area contributed by atoms with Crippen molar-refractivity contribution in [3.05, 3.63) is 71.0 Å². The zero-order chi connectivity index (χ0) is 26.0. The normalized spacial score (nSPS) is 19.3. The number of hydrogen-bond donors (Lipinski definition) is 2. The highest BCUT2D eigenvalue weighted by Gasteiger charge is 2.36. The predicted octanol–water partition coefficient (Wildman–Crippen LogP) is 3.78. The van der Waals surface area contributed by atoms with E-state index in [1.54, 1.807) is 46.2 Å². The fourth-order valence-electron chi connectivity index (χ4n) is 4.44. The van der Waals surface area contributed by atoms with Crippen LogP contribution in [0.25, 0.3) is 5.52 Å². The summed E-state index contributed by atoms with van der Waals surface area (Å²) < 4.78 is 53.6. The van der Waals surface area contributed by atoms with Crippen molar-refractivity contribution < 1.29 is 27.2 Å². The van der Waals surface area contributed by atoms with Crippen LogP contribution < -0.4 is 10.6 Å². The van der Waals surface area contributed by atoms with Crippen molar-refractivity contribution in [1.82, 2.24) is 24.9 Å². The molecule has 0 spiro atoms. The molecule has 4 rings (SSSR count). The Labute approximate surface area is 209 Å². The second kappa shape index (κ2) is 10.4. The number of carbonyl (C=O) groups excluding carboxylic acids is 2. The molecule has 0 bridgehead atoms. The number of halogens is 5. The smallest absolute Gasteiger partial charge is 0.350 e. The molecule has 12 heteroatoms. The average Bonchev–Trinajstić information content (AvgIpc) is 3.30. The number of hydrogen-bond acceptors (Lipinski definition) is 4. The molecule has 3 heterocycles. The number of nitrogens with one attached hydrogen (secondary N) is 2. The summed E-state index contributed by atoms with van der Waals surface area (Å²) in [4.78, 5) is 31.8. The van der Waals surface area contributed by atoms with Gasteiger partial charge in [-0.2, -0.15) is 13.2 Å². The molecule has 36 heavy (non-hydrogen) atoms. The number of nitrogens with zero attached hydrogens (tertiary/aromatic N) is 3. The van der Waals surface area contributed by atoms with Gasteiger partial charge < -0.3 is 14.6 Å². The number of fused-ring (bicyclic) bond motifs is 1. The molecule has 7 nitrogen and oxygen atoms in total. The van der Waals surface area contributed by atoms with E-state index in [1.807, 2.05) is 0 Å². The second-order valence-corrected chi connectivity index (χ2v) is 9.23. The molecule has 2 amide bonds. The van der Waals surface area contributed by atoms with Crippen LogP contribution in [0, 0.1) is 5.82 Å². The van der Waals surface area contributed by atoms with Gasteiger partial charge in [0.15, 0.2) is 0 Å². The number of piperidine rings is 1. The van der Waals surface area contributed by atoms with Gasteiger partial charge in [-0.25, -0.2) is 9.37 Å². The van der Waals surface area contributed by atoms with Crippen LogP contribution in [0.3, 0.4) is 0 Å². The van der Waals surface area contributed by atoms with Gasteiger partial charge in [-0.3, -0.25) is 14.9 Å². The lowest BCUT2D eigenvalue weighted by Gasteiger charge is -2.40. The number of alkyl halides is 3. The van der Waals surface area contributed by atoms with Crippen molar-refractivity contribution in [3.63, 3.8) is 0 Å². The lowest BCUT2D eigenvalue weighted by Crippen LogP contribution is -2.56. The Morgan fingerprint density at radius 3 is 2.78 bits per heavy atom. The number of benzene rings is 1. The molecular weight excluding hydrogens is 502 g/mol. The number of imidazole rings is 1. The summed E-state index contributed by atoms with van der Waals surface area (Å²) in [6.45, 7) is 0.391. The largest absolute Gasteiger partial charge is 0.401 e. The minimum atomic E-state index is -4.47. The van der Waals surface area contributed by atoms with Crippen molar-refractivity contribution in [1.29, 1.82) is 0 Å². The zero-order valence-electron chi connectivity index (χ0n) is 19.2. The molecule has 0 aliphatic carbocycles. The van der Waals surface area contributed by atoms with Crippen molar-refractivity contribution >= 4 is 28.9 Å². The molecule has 1 aromatic carbocycles. The van der Waals surface area contributed by atoms with Crippen LogP contribution in [0.5, 0.6) is 0 Å². The van der Waals surface area contributed by atoms with E-state index in [9.17, 15) is 27.2 Å². The number of rotatable bonds is 6. The Kier molecular flexibility index (Phi) is 7.51. The molecule has 2 N–H and O–H groups in total. The fourth-order valence-corrected chi connectivity index (χ4v) is 4.67. The number of aromatic nitrogens is 2. The first-order valence-corrected chi connectivity index (χ1v) is 11.7. The molecule has 1 aliphatic heterocycles. The summed E-state index contributed by atoms with van der Waals surface area (Å²) >= 11 is 6.04. The number of likely N-dealkylation sites (tertiary alicyclic amines) is 1. The highest BCUT2D eigenvalue weighted by atomic mass is 35.5. The molecule has 3 aromatic rings. The average molecular weight is 526 g/mol. The fraction of sp³-hybridized carbons (Fsp3) is 0.375. The van der Waals surface area contributed by atoms with E-state index in [-0.39, 0.29) is 17.5 Å². The molecule has 1 saturated heterocycles. The van der Waals surface area contributed by atoms with E-state index in [0.717, 1.165) is 6.07 Å². The van der Waals surface area contributed by atoms with Crippen LogP contribution in [0.15, 0.2) is 49.1 Å². The Morgan fingerprint density at radius 2 is 2.06 bits per heavy atom. The minimum absolute atomic E-state index is 0.0740. The maximum Gasteiger partial charge on any atom is 0.401 e. The van der Waals surface area contributed by atoms with Gasteiger partial charge in [0.2, 0.25) is 5.91 Å². The van der Waals surface area contributed by atoms with Crippen LogP contribution >= 0.6 is 11.6 Å². The van der Waals surface area contributed by atoms with Crippen LogP contribution in [-0.2, 0) is 4.79 Å². The standard InChI is InChI=1S/C24H24ClF4N5O2/c1-14(31-12-24(27,28)29)22(35)32-20-11-33(6-4-18(20)15-7-16(25)9-17(26)8-15)23(36)19-3-2-5-34-13-30-10-21(19)34/h2-3,5,7-10,13-14,18,20,31H,4,6,11-12H2,1H3,(H,32,35)/t14-,18+,20-/m1/s1. The van der Waals surface area contributed by atoms with Crippen molar-refractivity contribution in [2.24, 2.45) is 0 Å². The third-order valence-electron chi connectivity index (χ3n) is 6.22. The van der Waals surface area contributed by atoms with Crippen LogP contribution in [0.2, 0.25) is 5.02 Å². The third-order valence-corrected chi connectivity index (χ3v) is 6.44. The highest BCUT2D eigenvalue weighted by Crippen LogP contribution is 2.32. The van der Waals surface area contributed by atoms with E-state index in [4.69, 9.17) is 11.6 Å². The first kappa shape index (κ1) is 25.9. The number of carbonyl (C=O) groups is 2. The van der Waals surface area contributed by atoms with Gasteiger partial charge in [0, 0.05) is 30.2 Å². The van der Waals surface area contributed by atoms with Gasteiger partial charge in [-0.05, 0) is 49.2 Å². The second-order valence-electron chi connectivity index (χ2n) is 8.79. The van der Waals surface area contributed by atoms with Crippen molar-refractivity contribution in [2.45, 2.75) is 37.5 Å². The van der Waals surface area contributed by atoms with Gasteiger partial charge >= 0.3 is 6.18 Å². The quantitative estimate of drug-likeness (QED) is 0.480. The highest BCUT2D eigenvalue weighted by molar-refractivity contribution is 6.30. The van der Waals surface area contributed by atoms with E-state index < -0.39 is 42.4 Å². The van der Waals surface area contributed by atoms with Crippen molar-refractivity contribution in [2.75, 3.05) is 19.6 Å². The number of pyridine rings is 1. The van der Waals surface area contributed by atoms with Crippen molar-refractivity contribution in [3.8, 4) is 0 Å². The molecule has 0 radical (unpaired) electrons. The Bertz CT molecular complexity index is 1240. The molecule has 1 aliphatic rings. The first-order valence-electron chi connectivity index (χ1n) is 11.3. The SMILES string of the molecule is C[C@@H](NCC(F)(F)F)C(=O)N[C@@H]1CN(C(=O)c2cccn3cncc23)CC[C@H]1c1cc(F)cc(Cl)c1. The summed E-state index contributed by atoms with van der Waals surface area (Å²) in [5.41, 5.74) is 1.57. The van der Waals surface area contributed by atoms with Gasteiger partial charge in [0.05, 0.1) is 42.2 Å². The summed E-state index contributed by atoms with van der Waals surface area (Å²) in [5.74, 6) is -1.90.